The van der Waals surface area contributed by atoms with E-state index in [9.17, 15) is 5.11 Å². The Kier molecular flexibility index (Phi) is 10.1. The van der Waals surface area contributed by atoms with Crippen molar-refractivity contribution in [3.8, 4) is 5.88 Å². The number of pyridine rings is 2. The highest BCUT2D eigenvalue weighted by atomic mass is 35.5. The molecule has 6 aromatic heterocycles. The molecule has 0 fully saturated rings. The Morgan fingerprint density at radius 3 is 1.77 bits per heavy atom. The van der Waals surface area contributed by atoms with Crippen LogP contribution in [0.1, 0.15) is 51.2 Å². The van der Waals surface area contributed by atoms with Gasteiger partial charge in [-0.2, -0.15) is 0 Å². The molecule has 2 aromatic carbocycles. The van der Waals surface area contributed by atoms with Crippen LogP contribution in [0.5, 0.6) is 5.88 Å². The first-order valence-corrected chi connectivity index (χ1v) is 17.6. The van der Waals surface area contributed by atoms with Gasteiger partial charge in [0.1, 0.15) is 35.4 Å². The second-order valence-electron chi connectivity index (χ2n) is 12.8. The molecular formula is C36H33Cl3N12O2. The second kappa shape index (κ2) is 14.9. The molecule has 53 heavy (non-hydrogen) atoms. The van der Waals surface area contributed by atoms with E-state index in [-0.39, 0.29) is 18.7 Å². The fraction of sp³-hybridized carbons (Fsp3) is 0.222. The average molecular weight is 772 g/mol. The Hall–Kier alpha value is -5.41. The summed E-state index contributed by atoms with van der Waals surface area (Å²) in [6.07, 6.45) is 6.10. The van der Waals surface area contributed by atoms with Gasteiger partial charge in [-0.15, -0.1) is 0 Å². The third-order valence-electron chi connectivity index (χ3n) is 8.18. The monoisotopic (exact) mass is 770 g/mol. The molecule has 0 aliphatic heterocycles. The number of benzene rings is 2. The van der Waals surface area contributed by atoms with Gasteiger partial charge in [-0.3, -0.25) is 0 Å². The lowest BCUT2D eigenvalue weighted by molar-refractivity contribution is 0.0274. The molecule has 0 radical (unpaired) electrons. The molecule has 0 aliphatic carbocycles. The molecular weight excluding hydrogens is 739 g/mol. The first-order chi connectivity index (χ1) is 25.4. The maximum atomic E-state index is 10.1. The first kappa shape index (κ1) is 36.0. The van der Waals surface area contributed by atoms with E-state index in [0.29, 0.717) is 49.4 Å². The Labute approximate surface area is 317 Å². The van der Waals surface area contributed by atoms with Crippen LogP contribution in [-0.4, -0.2) is 67.2 Å². The minimum Gasteiger partial charge on any atom is -0.474 e. The zero-order chi connectivity index (χ0) is 37.3. The quantitative estimate of drug-likeness (QED) is 0.0886. The number of hydrogen-bond acceptors (Lipinski definition) is 12. The zero-order valence-corrected chi connectivity index (χ0v) is 31.1. The SMILES string of the molecule is C[C@H](Nc1ncnc2nc[nH]c12)c1cc2cccc(Cl)c2c(Cl)n1.C[C@H](Nc1ncnc2nc[nH]c12)c1cc2cccc(Cl)c2c(OCC(C)(C)O)n1. The van der Waals surface area contributed by atoms with Crippen molar-refractivity contribution in [1.29, 1.82) is 0 Å². The number of rotatable bonds is 9. The molecule has 0 spiro atoms. The van der Waals surface area contributed by atoms with E-state index < -0.39 is 5.60 Å². The summed E-state index contributed by atoms with van der Waals surface area (Å²) >= 11 is 18.9. The van der Waals surface area contributed by atoms with Crippen molar-refractivity contribution in [2.24, 2.45) is 0 Å². The van der Waals surface area contributed by atoms with Crippen molar-refractivity contribution in [1.82, 2.24) is 49.8 Å². The number of H-pyrrole nitrogens is 2. The molecule has 2 atom stereocenters. The Morgan fingerprint density at radius 2 is 1.23 bits per heavy atom. The van der Waals surface area contributed by atoms with Crippen LogP contribution in [0.3, 0.4) is 0 Å². The van der Waals surface area contributed by atoms with Gasteiger partial charge in [0.25, 0.3) is 0 Å². The van der Waals surface area contributed by atoms with Crippen molar-refractivity contribution in [3.63, 3.8) is 0 Å². The highest BCUT2D eigenvalue weighted by molar-refractivity contribution is 6.41. The number of anilines is 2. The van der Waals surface area contributed by atoms with Crippen LogP contribution in [-0.2, 0) is 0 Å². The van der Waals surface area contributed by atoms with Gasteiger partial charge < -0.3 is 30.4 Å². The number of aromatic amines is 2. The molecule has 5 N–H and O–H groups in total. The molecule has 0 amide bonds. The topological polar surface area (TPSA) is 188 Å². The van der Waals surface area contributed by atoms with Gasteiger partial charge in [0.15, 0.2) is 22.9 Å². The molecule has 0 unspecified atom stereocenters. The van der Waals surface area contributed by atoms with E-state index in [4.69, 9.17) is 39.5 Å². The molecule has 8 aromatic rings. The van der Waals surface area contributed by atoms with Crippen LogP contribution in [0.15, 0.2) is 73.8 Å². The molecule has 0 aliphatic rings. The number of halogens is 3. The van der Waals surface area contributed by atoms with E-state index in [0.717, 1.165) is 38.6 Å². The summed E-state index contributed by atoms with van der Waals surface area (Å²) in [7, 11) is 0. The number of hydrogen-bond donors (Lipinski definition) is 5. The molecule has 8 rings (SSSR count). The summed E-state index contributed by atoms with van der Waals surface area (Å²) in [6, 6.07) is 14.9. The van der Waals surface area contributed by atoms with Crippen molar-refractivity contribution in [2.75, 3.05) is 17.2 Å². The Balaban J connectivity index is 0.000000167. The maximum Gasteiger partial charge on any atom is 0.223 e. The largest absolute Gasteiger partial charge is 0.474 e. The summed E-state index contributed by atoms with van der Waals surface area (Å²) < 4.78 is 5.85. The van der Waals surface area contributed by atoms with Gasteiger partial charge in [0.2, 0.25) is 5.88 Å². The lowest BCUT2D eigenvalue weighted by atomic mass is 10.1. The normalized spacial score (nSPS) is 12.8. The van der Waals surface area contributed by atoms with E-state index in [1.165, 1.54) is 12.7 Å². The lowest BCUT2D eigenvalue weighted by Gasteiger charge is -2.20. The van der Waals surface area contributed by atoms with E-state index in [1.807, 2.05) is 50.2 Å². The number of ether oxygens (including phenoxy) is 1. The fourth-order valence-corrected chi connectivity index (χ4v) is 6.48. The van der Waals surface area contributed by atoms with Gasteiger partial charge in [0.05, 0.1) is 57.2 Å². The van der Waals surface area contributed by atoms with Crippen LogP contribution >= 0.6 is 34.8 Å². The number of aliphatic hydroxyl groups is 1. The molecule has 17 heteroatoms. The standard InChI is InChI=1S/C20H21ClN6O2.C16H12Cl2N6/c1-11(26-18-16-17(23-9-22-16)24-10-25-18)14-7-12-5-4-6-13(21)15(12)19(27-14)29-8-20(2,3)28;1-8(23-16-13-15(20-6-19-13)21-7-22-16)11-5-9-3-2-4-10(17)12(9)14(18)24-11/h4-7,9-11,28H,8H2,1-3H3,(H2,22,23,24,25,26);2-8H,1H3,(H2,19,20,21,22,23)/t11-;8-/m00/s1. The molecule has 270 valence electrons. The third kappa shape index (κ3) is 7.86. The molecule has 0 saturated heterocycles. The van der Waals surface area contributed by atoms with Crippen molar-refractivity contribution in [3.05, 3.63) is 100 Å². The summed E-state index contributed by atoms with van der Waals surface area (Å²) in [5, 5.41) is 21.6. The van der Waals surface area contributed by atoms with Crippen molar-refractivity contribution in [2.45, 2.75) is 45.4 Å². The number of imidazole rings is 2. The van der Waals surface area contributed by atoms with Gasteiger partial charge in [-0.25, -0.2) is 39.9 Å². The van der Waals surface area contributed by atoms with Gasteiger partial charge in [-0.1, -0.05) is 59.1 Å². The van der Waals surface area contributed by atoms with Crippen molar-refractivity contribution >= 4 is 90.3 Å². The molecule has 14 nitrogen and oxygen atoms in total. The second-order valence-corrected chi connectivity index (χ2v) is 14.0. The predicted octanol–water partition coefficient (Wildman–Crippen LogP) is 8.26. The van der Waals surface area contributed by atoms with E-state index >= 15 is 0 Å². The molecule has 0 saturated carbocycles. The number of fused-ring (bicyclic) bond motifs is 4. The Morgan fingerprint density at radius 1 is 0.717 bits per heavy atom. The van der Waals surface area contributed by atoms with Crippen LogP contribution in [0.25, 0.3) is 43.9 Å². The van der Waals surface area contributed by atoms with E-state index in [1.54, 1.807) is 38.6 Å². The Bertz CT molecular complexity index is 2570. The lowest BCUT2D eigenvalue weighted by Crippen LogP contribution is -2.28. The fourth-order valence-electron chi connectivity index (χ4n) is 5.59. The predicted molar refractivity (Wildman–Crippen MR) is 208 cm³/mol. The summed E-state index contributed by atoms with van der Waals surface area (Å²) in [5.74, 6) is 1.68. The van der Waals surface area contributed by atoms with Crippen LogP contribution in [0.4, 0.5) is 11.6 Å². The molecule has 6 heterocycles. The summed E-state index contributed by atoms with van der Waals surface area (Å²) in [6.45, 7) is 7.40. The van der Waals surface area contributed by atoms with Gasteiger partial charge in [-0.05, 0) is 62.7 Å². The number of nitrogens with zero attached hydrogens (tertiary/aromatic N) is 8. The number of aromatic nitrogens is 10. The van der Waals surface area contributed by atoms with Gasteiger partial charge >= 0.3 is 0 Å². The zero-order valence-electron chi connectivity index (χ0n) is 28.9. The summed E-state index contributed by atoms with van der Waals surface area (Å²) in [5.41, 5.74) is 3.21. The minimum atomic E-state index is -0.998. The number of nitrogens with one attached hydrogen (secondary N) is 4. The van der Waals surface area contributed by atoms with Crippen LogP contribution < -0.4 is 15.4 Å². The van der Waals surface area contributed by atoms with Gasteiger partial charge in [0, 0.05) is 5.39 Å². The first-order valence-electron chi connectivity index (χ1n) is 16.5. The van der Waals surface area contributed by atoms with Crippen molar-refractivity contribution < 1.29 is 9.84 Å². The average Bonchev–Trinajstić information content (AvgIpc) is 3.82. The third-order valence-corrected chi connectivity index (χ3v) is 9.08. The highest BCUT2D eigenvalue weighted by Crippen LogP contribution is 2.35. The smallest absolute Gasteiger partial charge is 0.223 e. The van der Waals surface area contributed by atoms with Crippen LogP contribution in [0.2, 0.25) is 15.2 Å². The van der Waals surface area contributed by atoms with Crippen LogP contribution in [0, 0.1) is 0 Å². The maximum absolute atomic E-state index is 10.1. The highest BCUT2D eigenvalue weighted by Gasteiger charge is 2.20. The minimum absolute atomic E-state index is 0.0895. The van der Waals surface area contributed by atoms with E-state index in [2.05, 4.69) is 60.5 Å². The summed E-state index contributed by atoms with van der Waals surface area (Å²) in [4.78, 5) is 40.3. The molecule has 0 bridgehead atoms.